The summed E-state index contributed by atoms with van der Waals surface area (Å²) in [5, 5.41) is 5.59. The SMILES string of the molecule is O=C(C=Cc1ccccc1)Nc1ccccc1NC(=O)C=Cc1ccccc1. The van der Waals surface area contributed by atoms with Crippen LogP contribution < -0.4 is 10.6 Å². The van der Waals surface area contributed by atoms with Crippen LogP contribution in [0.3, 0.4) is 0 Å². The number of anilines is 2. The number of nitrogens with one attached hydrogen (secondary N) is 2. The van der Waals surface area contributed by atoms with Gasteiger partial charge in [0.25, 0.3) is 0 Å². The minimum absolute atomic E-state index is 0.273. The predicted molar refractivity (Wildman–Crippen MR) is 115 cm³/mol. The fourth-order valence-corrected chi connectivity index (χ4v) is 2.52. The number of carbonyl (C=O) groups is 2. The molecule has 2 N–H and O–H groups in total. The van der Waals surface area contributed by atoms with Crippen LogP contribution in [0.1, 0.15) is 11.1 Å². The number of benzene rings is 3. The Morgan fingerprint density at radius 3 is 1.29 bits per heavy atom. The highest BCUT2D eigenvalue weighted by molar-refractivity contribution is 6.07. The van der Waals surface area contributed by atoms with Gasteiger partial charge in [-0.15, -0.1) is 0 Å². The maximum Gasteiger partial charge on any atom is 0.248 e. The quantitative estimate of drug-likeness (QED) is 0.602. The Hall–Kier alpha value is -3.92. The van der Waals surface area contributed by atoms with Gasteiger partial charge in [-0.1, -0.05) is 72.8 Å². The molecular weight excluding hydrogens is 348 g/mol. The molecule has 0 atom stereocenters. The first-order valence-electron chi connectivity index (χ1n) is 8.88. The van der Waals surface area contributed by atoms with Crippen LogP contribution in [0.15, 0.2) is 97.1 Å². The monoisotopic (exact) mass is 368 g/mol. The van der Waals surface area contributed by atoms with Crippen molar-refractivity contribution in [1.29, 1.82) is 0 Å². The van der Waals surface area contributed by atoms with Crippen molar-refractivity contribution < 1.29 is 9.59 Å². The first-order valence-corrected chi connectivity index (χ1v) is 8.88. The van der Waals surface area contributed by atoms with Crippen LogP contribution in [0.4, 0.5) is 11.4 Å². The summed E-state index contributed by atoms with van der Waals surface area (Å²) in [6.07, 6.45) is 6.39. The van der Waals surface area contributed by atoms with Crippen molar-refractivity contribution >= 4 is 35.3 Å². The summed E-state index contributed by atoms with van der Waals surface area (Å²) in [5.41, 5.74) is 2.94. The van der Waals surface area contributed by atoms with Crippen LogP contribution in [-0.4, -0.2) is 11.8 Å². The van der Waals surface area contributed by atoms with E-state index >= 15 is 0 Å². The summed E-state index contributed by atoms with van der Waals surface area (Å²) in [6.45, 7) is 0. The van der Waals surface area contributed by atoms with Gasteiger partial charge in [0.15, 0.2) is 0 Å². The third-order valence-corrected chi connectivity index (χ3v) is 3.90. The van der Waals surface area contributed by atoms with Crippen LogP contribution in [-0.2, 0) is 9.59 Å². The predicted octanol–water partition coefficient (Wildman–Crippen LogP) is 4.99. The average Bonchev–Trinajstić information content (AvgIpc) is 2.74. The van der Waals surface area contributed by atoms with Gasteiger partial charge >= 0.3 is 0 Å². The highest BCUT2D eigenvalue weighted by atomic mass is 16.2. The molecule has 0 aromatic heterocycles. The lowest BCUT2D eigenvalue weighted by Gasteiger charge is -2.10. The van der Waals surface area contributed by atoms with E-state index < -0.39 is 0 Å². The molecule has 0 unspecified atom stereocenters. The Labute approximate surface area is 164 Å². The molecule has 0 heterocycles. The van der Waals surface area contributed by atoms with Crippen LogP contribution in [0.25, 0.3) is 12.2 Å². The molecule has 28 heavy (non-hydrogen) atoms. The first-order chi connectivity index (χ1) is 13.7. The van der Waals surface area contributed by atoms with Crippen molar-refractivity contribution in [2.75, 3.05) is 10.6 Å². The molecule has 138 valence electrons. The van der Waals surface area contributed by atoms with Crippen LogP contribution in [0.5, 0.6) is 0 Å². The summed E-state index contributed by atoms with van der Waals surface area (Å²) < 4.78 is 0. The number of rotatable bonds is 6. The standard InChI is InChI=1S/C24H20N2O2/c27-23(17-15-19-9-3-1-4-10-19)25-21-13-7-8-14-22(21)26-24(28)18-16-20-11-5-2-6-12-20/h1-18H,(H,25,27)(H,26,28). The molecule has 3 rings (SSSR count). The molecule has 3 aromatic rings. The van der Waals surface area contributed by atoms with E-state index in [0.29, 0.717) is 11.4 Å². The zero-order valence-electron chi connectivity index (χ0n) is 15.2. The minimum atomic E-state index is -0.273. The van der Waals surface area contributed by atoms with Gasteiger partial charge in [0.05, 0.1) is 11.4 Å². The van der Waals surface area contributed by atoms with Crippen molar-refractivity contribution in [2.45, 2.75) is 0 Å². The number of carbonyl (C=O) groups excluding carboxylic acids is 2. The van der Waals surface area contributed by atoms with E-state index in [9.17, 15) is 9.59 Å². The third-order valence-electron chi connectivity index (χ3n) is 3.90. The van der Waals surface area contributed by atoms with E-state index in [2.05, 4.69) is 10.6 Å². The summed E-state index contributed by atoms with van der Waals surface area (Å²) in [4.78, 5) is 24.4. The first kappa shape index (κ1) is 18.9. The largest absolute Gasteiger partial charge is 0.321 e. The van der Waals surface area contributed by atoms with E-state index in [1.165, 1.54) is 12.2 Å². The van der Waals surface area contributed by atoms with Crippen LogP contribution in [0.2, 0.25) is 0 Å². The average molecular weight is 368 g/mol. The molecule has 0 aliphatic rings. The third kappa shape index (κ3) is 5.81. The Balaban J connectivity index is 1.64. The summed E-state index contributed by atoms with van der Waals surface area (Å²) in [7, 11) is 0. The van der Waals surface area contributed by atoms with Crippen LogP contribution in [0, 0.1) is 0 Å². The number of hydrogen-bond acceptors (Lipinski definition) is 2. The second-order valence-corrected chi connectivity index (χ2v) is 6.01. The van der Waals surface area contributed by atoms with E-state index in [1.807, 2.05) is 60.7 Å². The fourth-order valence-electron chi connectivity index (χ4n) is 2.52. The van der Waals surface area contributed by atoms with Gasteiger partial charge in [0, 0.05) is 12.2 Å². The van der Waals surface area contributed by atoms with Gasteiger partial charge in [0.2, 0.25) is 11.8 Å². The van der Waals surface area contributed by atoms with Crippen molar-refractivity contribution in [1.82, 2.24) is 0 Å². The zero-order valence-corrected chi connectivity index (χ0v) is 15.2. The summed E-state index contributed by atoms with van der Waals surface area (Å²) >= 11 is 0. The topological polar surface area (TPSA) is 58.2 Å². The van der Waals surface area contributed by atoms with Crippen molar-refractivity contribution in [3.63, 3.8) is 0 Å². The van der Waals surface area contributed by atoms with Gasteiger partial charge < -0.3 is 10.6 Å². The molecule has 0 saturated heterocycles. The Morgan fingerprint density at radius 1 is 0.536 bits per heavy atom. The van der Waals surface area contributed by atoms with E-state index in [1.54, 1.807) is 36.4 Å². The second kappa shape index (κ2) is 9.69. The number of para-hydroxylation sites is 2. The minimum Gasteiger partial charge on any atom is -0.321 e. The lowest BCUT2D eigenvalue weighted by Crippen LogP contribution is -2.13. The highest BCUT2D eigenvalue weighted by Gasteiger charge is 2.06. The molecular formula is C24H20N2O2. The maximum atomic E-state index is 12.2. The van der Waals surface area contributed by atoms with Crippen molar-refractivity contribution in [3.05, 3.63) is 108 Å². The molecule has 4 heteroatoms. The number of amides is 2. The molecule has 2 amide bonds. The Kier molecular flexibility index (Phi) is 6.53. The molecule has 0 aliphatic carbocycles. The van der Waals surface area contributed by atoms with Gasteiger partial charge in [-0.25, -0.2) is 0 Å². The van der Waals surface area contributed by atoms with Crippen molar-refractivity contribution in [3.8, 4) is 0 Å². The molecule has 3 aromatic carbocycles. The Bertz CT molecular complexity index is 911. The maximum absolute atomic E-state index is 12.2. The lowest BCUT2D eigenvalue weighted by molar-refractivity contribution is -0.112. The van der Waals surface area contributed by atoms with E-state index in [0.717, 1.165) is 11.1 Å². The summed E-state index contributed by atoms with van der Waals surface area (Å²) in [5.74, 6) is -0.546. The van der Waals surface area contributed by atoms with Gasteiger partial charge in [-0.3, -0.25) is 9.59 Å². The smallest absolute Gasteiger partial charge is 0.248 e. The molecule has 0 saturated carbocycles. The normalized spacial score (nSPS) is 10.9. The lowest BCUT2D eigenvalue weighted by atomic mass is 10.2. The molecule has 0 fully saturated rings. The van der Waals surface area contributed by atoms with Crippen molar-refractivity contribution in [2.24, 2.45) is 0 Å². The zero-order chi connectivity index (χ0) is 19.6. The van der Waals surface area contributed by atoms with E-state index in [4.69, 9.17) is 0 Å². The molecule has 0 spiro atoms. The summed E-state index contributed by atoms with van der Waals surface area (Å²) in [6, 6.07) is 26.2. The second-order valence-electron chi connectivity index (χ2n) is 6.01. The van der Waals surface area contributed by atoms with Gasteiger partial charge in [-0.2, -0.15) is 0 Å². The number of hydrogen-bond donors (Lipinski definition) is 2. The highest BCUT2D eigenvalue weighted by Crippen LogP contribution is 2.21. The molecule has 0 bridgehead atoms. The fraction of sp³-hybridized carbons (Fsp3) is 0. The van der Waals surface area contributed by atoms with Gasteiger partial charge in [0.1, 0.15) is 0 Å². The Morgan fingerprint density at radius 2 is 0.893 bits per heavy atom. The molecule has 0 radical (unpaired) electrons. The molecule has 4 nitrogen and oxygen atoms in total. The van der Waals surface area contributed by atoms with Gasteiger partial charge in [-0.05, 0) is 35.4 Å². The molecule has 0 aliphatic heterocycles. The van der Waals surface area contributed by atoms with Crippen LogP contribution >= 0.6 is 0 Å². The van der Waals surface area contributed by atoms with E-state index in [-0.39, 0.29) is 11.8 Å².